The molecule has 0 radical (unpaired) electrons. The zero-order valence-corrected chi connectivity index (χ0v) is 11.2. The highest BCUT2D eigenvalue weighted by Gasteiger charge is 2.18. The maximum absolute atomic E-state index is 6.00. The molecule has 0 bridgehead atoms. The van der Waals surface area contributed by atoms with Gasteiger partial charge in [0.2, 0.25) is 0 Å². The largest absolute Gasteiger partial charge is 0.497 e. The fourth-order valence-corrected chi connectivity index (χ4v) is 1.94. The molecular weight excluding hydrogens is 242 g/mol. The van der Waals surface area contributed by atoms with Crippen molar-refractivity contribution in [1.29, 1.82) is 0 Å². The summed E-state index contributed by atoms with van der Waals surface area (Å²) in [5.74, 6) is 1.58. The molecule has 0 saturated heterocycles. The second-order valence-electron chi connectivity index (χ2n) is 4.45. The van der Waals surface area contributed by atoms with Crippen molar-refractivity contribution in [2.24, 2.45) is 5.73 Å². The summed E-state index contributed by atoms with van der Waals surface area (Å²) in [7, 11) is 1.64. The first-order chi connectivity index (χ1) is 9.20. The first-order valence-electron chi connectivity index (χ1n) is 6.24. The molecule has 4 heteroatoms. The Labute approximate surface area is 113 Å². The van der Waals surface area contributed by atoms with E-state index in [1.807, 2.05) is 43.3 Å². The van der Waals surface area contributed by atoms with E-state index in [-0.39, 0.29) is 12.1 Å². The third-order valence-corrected chi connectivity index (χ3v) is 2.89. The average Bonchev–Trinajstić information content (AvgIpc) is 2.92. The summed E-state index contributed by atoms with van der Waals surface area (Å²) in [5, 5.41) is 0. The Hall–Kier alpha value is -1.78. The van der Waals surface area contributed by atoms with Gasteiger partial charge in [0.1, 0.15) is 18.1 Å². The topological polar surface area (TPSA) is 57.6 Å². The van der Waals surface area contributed by atoms with Gasteiger partial charge >= 0.3 is 0 Å². The molecule has 0 aliphatic heterocycles. The minimum absolute atomic E-state index is 0.123. The molecule has 2 rings (SSSR count). The molecule has 2 atom stereocenters. The Morgan fingerprint density at radius 1 is 1.26 bits per heavy atom. The summed E-state index contributed by atoms with van der Waals surface area (Å²) >= 11 is 0. The van der Waals surface area contributed by atoms with E-state index in [0.29, 0.717) is 6.61 Å². The lowest BCUT2D eigenvalue weighted by molar-refractivity contribution is 0.0169. The zero-order valence-electron chi connectivity index (χ0n) is 11.2. The Morgan fingerprint density at radius 3 is 2.74 bits per heavy atom. The number of methoxy groups -OCH3 is 1. The molecule has 1 aromatic carbocycles. The Bertz CT molecular complexity index is 494. The fraction of sp³-hybridized carbons (Fsp3) is 0.333. The van der Waals surface area contributed by atoms with E-state index in [9.17, 15) is 0 Å². The molecule has 102 valence electrons. The monoisotopic (exact) mass is 261 g/mol. The van der Waals surface area contributed by atoms with Crippen molar-refractivity contribution in [2.75, 3.05) is 7.11 Å². The average molecular weight is 261 g/mol. The van der Waals surface area contributed by atoms with Gasteiger partial charge in [-0.1, -0.05) is 12.1 Å². The molecule has 4 nitrogen and oxygen atoms in total. The number of hydrogen-bond donors (Lipinski definition) is 1. The summed E-state index contributed by atoms with van der Waals surface area (Å²) in [6.45, 7) is 2.32. The van der Waals surface area contributed by atoms with Crippen LogP contribution in [0.1, 0.15) is 24.4 Å². The van der Waals surface area contributed by atoms with Gasteiger partial charge in [0, 0.05) is 6.04 Å². The Balaban J connectivity index is 2.10. The second kappa shape index (κ2) is 6.41. The van der Waals surface area contributed by atoms with Gasteiger partial charge in [0.25, 0.3) is 0 Å². The van der Waals surface area contributed by atoms with Crippen LogP contribution in [0.2, 0.25) is 0 Å². The van der Waals surface area contributed by atoms with Crippen molar-refractivity contribution in [3.63, 3.8) is 0 Å². The number of benzene rings is 1. The van der Waals surface area contributed by atoms with Gasteiger partial charge in [-0.2, -0.15) is 0 Å². The van der Waals surface area contributed by atoms with Crippen LogP contribution in [-0.4, -0.2) is 13.2 Å². The van der Waals surface area contributed by atoms with Crippen molar-refractivity contribution in [3.8, 4) is 5.75 Å². The molecule has 0 saturated carbocycles. The van der Waals surface area contributed by atoms with Crippen LogP contribution in [0.4, 0.5) is 0 Å². The van der Waals surface area contributed by atoms with Crippen LogP contribution in [0, 0.1) is 0 Å². The third kappa shape index (κ3) is 3.59. The van der Waals surface area contributed by atoms with Crippen LogP contribution in [0.15, 0.2) is 47.1 Å². The number of ether oxygens (including phenoxy) is 2. The van der Waals surface area contributed by atoms with Crippen LogP contribution >= 0.6 is 0 Å². The molecule has 1 heterocycles. The van der Waals surface area contributed by atoms with Crippen LogP contribution in [0.5, 0.6) is 5.75 Å². The maximum atomic E-state index is 6.00. The quantitative estimate of drug-likeness (QED) is 0.868. The Kier molecular flexibility index (Phi) is 4.60. The molecule has 19 heavy (non-hydrogen) atoms. The van der Waals surface area contributed by atoms with Gasteiger partial charge < -0.3 is 19.6 Å². The second-order valence-corrected chi connectivity index (χ2v) is 4.45. The van der Waals surface area contributed by atoms with Gasteiger partial charge in [-0.3, -0.25) is 0 Å². The van der Waals surface area contributed by atoms with E-state index in [2.05, 4.69) is 0 Å². The summed E-state index contributed by atoms with van der Waals surface area (Å²) in [6, 6.07) is 11.3. The molecular formula is C15H19NO3. The zero-order chi connectivity index (χ0) is 13.7. The highest BCUT2D eigenvalue weighted by Crippen LogP contribution is 2.25. The van der Waals surface area contributed by atoms with Gasteiger partial charge in [0.05, 0.1) is 19.5 Å². The lowest BCUT2D eigenvalue weighted by Gasteiger charge is -2.21. The molecule has 0 fully saturated rings. The van der Waals surface area contributed by atoms with Crippen molar-refractivity contribution in [2.45, 2.75) is 25.7 Å². The number of hydrogen-bond acceptors (Lipinski definition) is 4. The van der Waals surface area contributed by atoms with Crippen molar-refractivity contribution >= 4 is 0 Å². The molecule has 2 unspecified atom stereocenters. The highest BCUT2D eigenvalue weighted by atomic mass is 16.5. The Morgan fingerprint density at radius 2 is 2.11 bits per heavy atom. The lowest BCUT2D eigenvalue weighted by atomic mass is 10.0. The molecule has 2 N–H and O–H groups in total. The SMILES string of the molecule is COc1cccc(C(OCc2ccco2)C(C)N)c1. The smallest absolute Gasteiger partial charge is 0.129 e. The predicted molar refractivity (Wildman–Crippen MR) is 72.9 cm³/mol. The summed E-state index contributed by atoms with van der Waals surface area (Å²) in [4.78, 5) is 0. The van der Waals surface area contributed by atoms with Crippen LogP contribution < -0.4 is 10.5 Å². The molecule has 0 spiro atoms. The molecule has 0 amide bonds. The normalized spacial score (nSPS) is 14.1. The van der Waals surface area contributed by atoms with Crippen molar-refractivity contribution in [1.82, 2.24) is 0 Å². The van der Waals surface area contributed by atoms with E-state index < -0.39 is 0 Å². The van der Waals surface area contributed by atoms with E-state index in [0.717, 1.165) is 17.1 Å². The number of rotatable bonds is 6. The van der Waals surface area contributed by atoms with Crippen LogP contribution in [0.3, 0.4) is 0 Å². The van der Waals surface area contributed by atoms with Crippen molar-refractivity contribution in [3.05, 3.63) is 54.0 Å². The summed E-state index contributed by atoms with van der Waals surface area (Å²) in [5.41, 5.74) is 7.00. The highest BCUT2D eigenvalue weighted by molar-refractivity contribution is 5.30. The molecule has 1 aromatic heterocycles. The predicted octanol–water partition coefficient (Wildman–Crippen LogP) is 2.89. The van der Waals surface area contributed by atoms with Gasteiger partial charge in [-0.15, -0.1) is 0 Å². The molecule has 0 aliphatic rings. The molecule has 0 aliphatic carbocycles. The minimum Gasteiger partial charge on any atom is -0.497 e. The fourth-order valence-electron chi connectivity index (χ4n) is 1.94. The lowest BCUT2D eigenvalue weighted by Crippen LogP contribution is -2.26. The number of furan rings is 1. The van der Waals surface area contributed by atoms with Gasteiger partial charge in [-0.05, 0) is 36.8 Å². The van der Waals surface area contributed by atoms with E-state index in [1.165, 1.54) is 0 Å². The van der Waals surface area contributed by atoms with E-state index >= 15 is 0 Å². The standard InChI is InChI=1S/C15H19NO3/c1-11(16)15(19-10-14-7-4-8-18-14)12-5-3-6-13(9-12)17-2/h3-9,11,15H,10,16H2,1-2H3. The third-order valence-electron chi connectivity index (χ3n) is 2.89. The van der Waals surface area contributed by atoms with Gasteiger partial charge in [0.15, 0.2) is 0 Å². The first-order valence-corrected chi connectivity index (χ1v) is 6.24. The maximum Gasteiger partial charge on any atom is 0.129 e. The number of nitrogens with two attached hydrogens (primary N) is 1. The van der Waals surface area contributed by atoms with Crippen molar-refractivity contribution < 1.29 is 13.9 Å². The van der Waals surface area contributed by atoms with Crippen LogP contribution in [0.25, 0.3) is 0 Å². The summed E-state index contributed by atoms with van der Waals surface area (Å²) in [6.07, 6.45) is 1.44. The molecule has 2 aromatic rings. The first kappa shape index (κ1) is 13.6. The minimum atomic E-state index is -0.194. The summed E-state index contributed by atoms with van der Waals surface area (Å²) < 4.78 is 16.3. The van der Waals surface area contributed by atoms with Crippen LogP contribution in [-0.2, 0) is 11.3 Å². The van der Waals surface area contributed by atoms with E-state index in [1.54, 1.807) is 13.4 Å². The van der Waals surface area contributed by atoms with E-state index in [4.69, 9.17) is 19.6 Å². The van der Waals surface area contributed by atoms with Gasteiger partial charge in [-0.25, -0.2) is 0 Å².